The largest absolute Gasteiger partial charge is 0.393 e. The van der Waals surface area contributed by atoms with Gasteiger partial charge in [0, 0.05) is 0 Å². The lowest BCUT2D eigenvalue weighted by atomic mass is 10.0. The van der Waals surface area contributed by atoms with Crippen LogP contribution in [0.4, 0.5) is 0 Å². The van der Waals surface area contributed by atoms with Crippen molar-refractivity contribution in [1.82, 2.24) is 0 Å². The molecule has 1 unspecified atom stereocenters. The maximum absolute atomic E-state index is 9.39. The topological polar surface area (TPSA) is 68.2 Å². The van der Waals surface area contributed by atoms with Crippen LogP contribution in [0.5, 0.6) is 0 Å². The van der Waals surface area contributed by atoms with E-state index in [1.165, 1.54) is 0 Å². The highest BCUT2D eigenvalue weighted by Crippen LogP contribution is 2.42. The molecule has 0 saturated carbocycles. The molecule has 2 rings (SSSR count). The fourth-order valence-corrected chi connectivity index (χ4v) is 1.90. The number of hydrogen-bond donors (Lipinski definition) is 2. The highest BCUT2D eigenvalue weighted by molar-refractivity contribution is 5.01. The molecular formula is C8H14O5. The lowest BCUT2D eigenvalue weighted by Gasteiger charge is -2.23. The number of rotatable bonds is 1. The Morgan fingerprint density at radius 3 is 2.69 bits per heavy atom. The van der Waals surface area contributed by atoms with Crippen molar-refractivity contribution in [2.45, 2.75) is 37.6 Å². The molecule has 76 valence electrons. The van der Waals surface area contributed by atoms with E-state index in [2.05, 4.69) is 0 Å². The molecule has 2 aliphatic heterocycles. The van der Waals surface area contributed by atoms with Crippen LogP contribution in [0.2, 0.25) is 0 Å². The molecule has 2 saturated heterocycles. The molecule has 0 aromatic carbocycles. The fraction of sp³-hybridized carbons (Fsp3) is 1.00. The lowest BCUT2D eigenvalue weighted by Crippen LogP contribution is -2.44. The third-order valence-corrected chi connectivity index (χ3v) is 2.40. The predicted octanol–water partition coefficient (Wildman–Crippen LogP) is -0.782. The minimum atomic E-state index is -1.01. The molecule has 0 radical (unpaired) electrons. The van der Waals surface area contributed by atoms with Gasteiger partial charge in [0.1, 0.15) is 11.7 Å². The zero-order valence-electron chi connectivity index (χ0n) is 7.69. The van der Waals surface area contributed by atoms with Gasteiger partial charge in [-0.15, -0.1) is 0 Å². The van der Waals surface area contributed by atoms with Gasteiger partial charge in [0.15, 0.2) is 12.1 Å². The van der Waals surface area contributed by atoms with Gasteiger partial charge in [0.2, 0.25) is 0 Å². The van der Waals surface area contributed by atoms with Crippen molar-refractivity contribution in [3.05, 3.63) is 0 Å². The molecule has 3 atom stereocenters. The number of aliphatic hydroxyl groups is 2. The Labute approximate surface area is 76.2 Å². The van der Waals surface area contributed by atoms with Gasteiger partial charge in [-0.3, -0.25) is 0 Å². The van der Waals surface area contributed by atoms with Crippen LogP contribution in [0.3, 0.4) is 0 Å². The van der Waals surface area contributed by atoms with Crippen molar-refractivity contribution in [2.75, 3.05) is 13.2 Å². The van der Waals surface area contributed by atoms with Gasteiger partial charge < -0.3 is 24.4 Å². The van der Waals surface area contributed by atoms with Gasteiger partial charge in [-0.1, -0.05) is 0 Å². The monoisotopic (exact) mass is 190 g/mol. The van der Waals surface area contributed by atoms with E-state index in [1.807, 2.05) is 0 Å². The second kappa shape index (κ2) is 2.65. The molecular weight excluding hydrogens is 176 g/mol. The predicted molar refractivity (Wildman–Crippen MR) is 41.8 cm³/mol. The van der Waals surface area contributed by atoms with Crippen LogP contribution in [0.1, 0.15) is 13.8 Å². The minimum absolute atomic E-state index is 0.165. The van der Waals surface area contributed by atoms with E-state index in [0.29, 0.717) is 0 Å². The highest BCUT2D eigenvalue weighted by atomic mass is 16.8. The first-order chi connectivity index (χ1) is 5.99. The first-order valence-corrected chi connectivity index (χ1v) is 4.28. The Kier molecular flexibility index (Phi) is 1.91. The van der Waals surface area contributed by atoms with Crippen LogP contribution in [-0.4, -0.2) is 47.2 Å². The van der Waals surface area contributed by atoms with Crippen molar-refractivity contribution >= 4 is 0 Å². The van der Waals surface area contributed by atoms with Crippen molar-refractivity contribution in [2.24, 2.45) is 0 Å². The molecule has 0 bridgehead atoms. The Morgan fingerprint density at radius 2 is 2.15 bits per heavy atom. The van der Waals surface area contributed by atoms with E-state index in [0.717, 1.165) is 0 Å². The summed E-state index contributed by atoms with van der Waals surface area (Å²) in [5, 5.41) is 18.6. The summed E-state index contributed by atoms with van der Waals surface area (Å²) < 4.78 is 15.9. The van der Waals surface area contributed by atoms with E-state index in [9.17, 15) is 10.2 Å². The highest BCUT2D eigenvalue weighted by Gasteiger charge is 2.60. The third kappa shape index (κ3) is 1.28. The zero-order valence-corrected chi connectivity index (χ0v) is 7.69. The average molecular weight is 190 g/mol. The van der Waals surface area contributed by atoms with Crippen LogP contribution in [0.15, 0.2) is 0 Å². The van der Waals surface area contributed by atoms with Gasteiger partial charge in [0.25, 0.3) is 0 Å². The van der Waals surface area contributed by atoms with Crippen LogP contribution >= 0.6 is 0 Å². The molecule has 0 spiro atoms. The Bertz CT molecular complexity index is 217. The van der Waals surface area contributed by atoms with Gasteiger partial charge in [-0.05, 0) is 13.8 Å². The smallest absolute Gasteiger partial charge is 0.184 e. The maximum Gasteiger partial charge on any atom is 0.184 e. The Hall–Kier alpha value is -0.200. The summed E-state index contributed by atoms with van der Waals surface area (Å²) in [5.41, 5.74) is -0.886. The van der Waals surface area contributed by atoms with Gasteiger partial charge in [0.05, 0.1) is 13.2 Å². The molecule has 5 nitrogen and oxygen atoms in total. The van der Waals surface area contributed by atoms with Crippen LogP contribution < -0.4 is 0 Å². The third-order valence-electron chi connectivity index (χ3n) is 2.40. The standard InChI is InChI=1S/C8H14O5/c1-7(2)12-5-6(10)11-4-8(5,3-9)13-7/h5-6,9-10H,3-4H2,1-2H3/t5?,6-,8+/m1/s1. The first kappa shape index (κ1) is 9.36. The second-order valence-corrected chi connectivity index (χ2v) is 3.96. The molecule has 2 aliphatic rings. The number of hydrogen-bond acceptors (Lipinski definition) is 5. The molecule has 5 heteroatoms. The van der Waals surface area contributed by atoms with Crippen molar-refractivity contribution in [3.8, 4) is 0 Å². The first-order valence-electron chi connectivity index (χ1n) is 4.28. The van der Waals surface area contributed by atoms with Gasteiger partial charge >= 0.3 is 0 Å². The van der Waals surface area contributed by atoms with E-state index in [1.54, 1.807) is 13.8 Å². The molecule has 2 heterocycles. The number of ether oxygens (including phenoxy) is 3. The van der Waals surface area contributed by atoms with Gasteiger partial charge in [-0.25, -0.2) is 0 Å². The number of fused-ring (bicyclic) bond motifs is 1. The van der Waals surface area contributed by atoms with Crippen molar-refractivity contribution in [1.29, 1.82) is 0 Å². The van der Waals surface area contributed by atoms with Gasteiger partial charge in [-0.2, -0.15) is 0 Å². The van der Waals surface area contributed by atoms with E-state index < -0.39 is 23.8 Å². The Morgan fingerprint density at radius 1 is 1.46 bits per heavy atom. The SMILES string of the molecule is CC1(C)OC2[C@H](O)OC[C@]2(CO)O1. The molecule has 2 N–H and O–H groups in total. The second-order valence-electron chi connectivity index (χ2n) is 3.96. The summed E-state index contributed by atoms with van der Waals surface area (Å²) in [7, 11) is 0. The Balaban J connectivity index is 2.24. The normalized spacial score (nSPS) is 48.0. The molecule has 13 heavy (non-hydrogen) atoms. The number of aliphatic hydroxyl groups excluding tert-OH is 2. The quantitative estimate of drug-likeness (QED) is 0.567. The molecule has 0 aromatic rings. The molecule has 0 aliphatic carbocycles. The summed E-state index contributed by atoms with van der Waals surface area (Å²) in [6.45, 7) is 3.45. The van der Waals surface area contributed by atoms with E-state index in [4.69, 9.17) is 14.2 Å². The van der Waals surface area contributed by atoms with E-state index >= 15 is 0 Å². The summed E-state index contributed by atoms with van der Waals surface area (Å²) in [5.74, 6) is -0.766. The molecule has 0 amide bonds. The summed E-state index contributed by atoms with van der Waals surface area (Å²) in [6, 6.07) is 0. The van der Waals surface area contributed by atoms with Crippen LogP contribution in [0, 0.1) is 0 Å². The molecule has 0 aromatic heterocycles. The lowest BCUT2D eigenvalue weighted by molar-refractivity contribution is -0.216. The maximum atomic E-state index is 9.39. The summed E-state index contributed by atoms with van der Waals surface area (Å²) in [4.78, 5) is 0. The summed E-state index contributed by atoms with van der Waals surface area (Å²) in [6.07, 6.45) is -1.60. The van der Waals surface area contributed by atoms with Crippen molar-refractivity contribution < 1.29 is 24.4 Å². The minimum Gasteiger partial charge on any atom is -0.393 e. The summed E-state index contributed by atoms with van der Waals surface area (Å²) >= 11 is 0. The zero-order chi connectivity index (χ0) is 9.69. The van der Waals surface area contributed by atoms with Crippen LogP contribution in [0.25, 0.3) is 0 Å². The van der Waals surface area contributed by atoms with E-state index in [-0.39, 0.29) is 13.2 Å². The average Bonchev–Trinajstić information content (AvgIpc) is 2.47. The van der Waals surface area contributed by atoms with Crippen LogP contribution in [-0.2, 0) is 14.2 Å². The molecule has 2 fully saturated rings. The van der Waals surface area contributed by atoms with Crippen molar-refractivity contribution in [3.63, 3.8) is 0 Å². The fourth-order valence-electron chi connectivity index (χ4n) is 1.90.